The van der Waals surface area contributed by atoms with Crippen LogP contribution in [0.5, 0.6) is 0 Å². The van der Waals surface area contributed by atoms with Crippen molar-refractivity contribution in [2.45, 2.75) is 38.8 Å². The van der Waals surface area contributed by atoms with Gasteiger partial charge in [0.05, 0.1) is 0 Å². The van der Waals surface area contributed by atoms with Crippen molar-refractivity contribution in [3.63, 3.8) is 0 Å². The molecule has 6 rings (SSSR count). The molecule has 2 unspecified atom stereocenters. The van der Waals surface area contributed by atoms with Crippen LogP contribution in [0.25, 0.3) is 0 Å². The summed E-state index contributed by atoms with van der Waals surface area (Å²) in [5.74, 6) is 0.909. The maximum Gasteiger partial charge on any atom is 2.00 e. The molecule has 0 saturated heterocycles. The molecule has 0 fully saturated rings. The zero-order valence-electron chi connectivity index (χ0n) is 19.2. The van der Waals surface area contributed by atoms with Crippen LogP contribution in [0, 0.1) is 26.0 Å². The smallest absolute Gasteiger partial charge is 0.145 e. The molecule has 0 nitrogen and oxygen atoms in total. The molecule has 0 N–H and O–H groups in total. The molecule has 2 heteroatoms. The normalized spacial score (nSPS) is 19.6. The molecule has 0 aromatic heterocycles. The third kappa shape index (κ3) is 5.30. The van der Waals surface area contributed by atoms with Crippen molar-refractivity contribution < 1.29 is 26.2 Å². The molecule has 156 valence electrons. The maximum atomic E-state index is 3.46. The molecule has 0 saturated carbocycles. The van der Waals surface area contributed by atoms with Gasteiger partial charge in [-0.05, 0) is 25.7 Å². The molecule has 0 aliphatic heterocycles. The fraction of sp³-hybridized carbons (Fsp3) is 0.200. The minimum Gasteiger partial charge on any atom is -0.145 e. The van der Waals surface area contributed by atoms with Gasteiger partial charge in [-0.15, -0.1) is 94.1 Å². The molecule has 2 atom stereocenters. The van der Waals surface area contributed by atoms with Crippen LogP contribution >= 0.6 is 0 Å². The van der Waals surface area contributed by atoms with E-state index in [0.717, 1.165) is 9.52 Å². The average Bonchev–Trinajstić information content (AvgIpc) is 3.31. The van der Waals surface area contributed by atoms with Crippen LogP contribution in [0.4, 0.5) is 0 Å². The Morgan fingerprint density at radius 2 is 1.06 bits per heavy atom. The number of hydrogen-bond acceptors (Lipinski definition) is 0. The van der Waals surface area contributed by atoms with Crippen LogP contribution in [0.1, 0.15) is 45.2 Å². The van der Waals surface area contributed by atoms with Gasteiger partial charge in [-0.3, -0.25) is 0 Å². The van der Waals surface area contributed by atoms with Gasteiger partial charge in [0, 0.05) is 9.52 Å². The van der Waals surface area contributed by atoms with Gasteiger partial charge >= 0.3 is 26.2 Å². The molecule has 0 spiro atoms. The standard InChI is InChI=1S/2C14H11.C2H6Si.Zr/c2*1-10-6-7-14-12(8-10)9-11-4-2-3-5-13(11)14;1-3-2;/h2*2-8,13H,1H3;1-2H3;/q2*-1;;+2. The summed E-state index contributed by atoms with van der Waals surface area (Å²) in [5, 5.41) is 0. The number of fused-ring (bicyclic) bond motifs is 6. The molecular weight excluding hydrogens is 480 g/mol. The van der Waals surface area contributed by atoms with Crippen molar-refractivity contribution in [3.8, 4) is 0 Å². The summed E-state index contributed by atoms with van der Waals surface area (Å²) in [4.78, 5) is 0. The Kier molecular flexibility index (Phi) is 8.63. The van der Waals surface area contributed by atoms with E-state index in [-0.39, 0.29) is 26.2 Å². The van der Waals surface area contributed by atoms with Crippen LogP contribution < -0.4 is 0 Å². The van der Waals surface area contributed by atoms with Gasteiger partial charge in [-0.25, -0.2) is 0 Å². The molecular formula is C30H28SiZr. The predicted molar refractivity (Wildman–Crippen MR) is 134 cm³/mol. The SMILES string of the molecule is C[Si]C.Cc1ccc2c(c1)[C-]=C1C=CC=CC12.Cc1ccc2c(c1)[C-]=C1C=CC=CC12.[Zr+2]. The molecule has 0 amide bonds. The Hall–Kier alpha value is -2.02. The number of aryl methyl sites for hydroxylation is 2. The van der Waals surface area contributed by atoms with Gasteiger partial charge in [0.15, 0.2) is 0 Å². The molecule has 0 heterocycles. The van der Waals surface area contributed by atoms with E-state index in [2.05, 4.69) is 124 Å². The van der Waals surface area contributed by atoms with Crippen molar-refractivity contribution in [2.24, 2.45) is 0 Å². The second-order valence-corrected chi connectivity index (χ2v) is 9.29. The minimum atomic E-state index is 0. The first-order chi connectivity index (χ1) is 15.1. The van der Waals surface area contributed by atoms with E-state index >= 15 is 0 Å². The van der Waals surface area contributed by atoms with Crippen LogP contribution in [-0.4, -0.2) is 9.52 Å². The maximum absolute atomic E-state index is 3.46. The summed E-state index contributed by atoms with van der Waals surface area (Å²) < 4.78 is 0. The topological polar surface area (TPSA) is 0 Å². The summed E-state index contributed by atoms with van der Waals surface area (Å²) in [5.41, 5.74) is 10.5. The van der Waals surface area contributed by atoms with Gasteiger partial charge < -0.3 is 0 Å². The number of rotatable bonds is 0. The molecule has 2 aromatic rings. The number of hydrogen-bond donors (Lipinski definition) is 0. The van der Waals surface area contributed by atoms with E-state index in [1.165, 1.54) is 44.5 Å². The van der Waals surface area contributed by atoms with E-state index in [9.17, 15) is 0 Å². The van der Waals surface area contributed by atoms with Gasteiger partial charge in [0.1, 0.15) is 0 Å². The fourth-order valence-corrected chi connectivity index (χ4v) is 4.28. The molecule has 4 aliphatic carbocycles. The van der Waals surface area contributed by atoms with E-state index < -0.39 is 0 Å². The zero-order valence-corrected chi connectivity index (χ0v) is 22.7. The quantitative estimate of drug-likeness (QED) is 0.258. The van der Waals surface area contributed by atoms with E-state index in [0.29, 0.717) is 11.8 Å². The van der Waals surface area contributed by atoms with E-state index in [1.54, 1.807) is 0 Å². The number of allylic oxidation sites excluding steroid dienone is 10. The van der Waals surface area contributed by atoms with Gasteiger partial charge in [0.2, 0.25) is 0 Å². The Balaban J connectivity index is 0.000000157. The second-order valence-electron chi connectivity index (χ2n) is 8.29. The molecule has 32 heavy (non-hydrogen) atoms. The Labute approximate surface area is 215 Å². The average molecular weight is 508 g/mol. The van der Waals surface area contributed by atoms with Crippen LogP contribution in [-0.2, 0) is 26.2 Å². The summed E-state index contributed by atoms with van der Waals surface area (Å²) in [6, 6.07) is 13.2. The monoisotopic (exact) mass is 506 g/mol. The van der Waals surface area contributed by atoms with Crippen molar-refractivity contribution >= 4 is 9.52 Å². The van der Waals surface area contributed by atoms with Gasteiger partial charge in [0.25, 0.3) is 0 Å². The molecule has 2 radical (unpaired) electrons. The zero-order chi connectivity index (χ0) is 21.8. The first-order valence-electron chi connectivity index (χ1n) is 10.9. The fourth-order valence-electron chi connectivity index (χ4n) is 4.28. The largest absolute Gasteiger partial charge is 2.00 e. The Bertz CT molecular complexity index is 1070. The summed E-state index contributed by atoms with van der Waals surface area (Å²) in [7, 11) is 1.08. The van der Waals surface area contributed by atoms with E-state index in [1.807, 2.05) is 0 Å². The Morgan fingerprint density at radius 1 is 0.656 bits per heavy atom. The van der Waals surface area contributed by atoms with Gasteiger partial charge in [-0.1, -0.05) is 60.7 Å². The third-order valence-corrected chi connectivity index (χ3v) is 5.70. The summed E-state index contributed by atoms with van der Waals surface area (Å²) >= 11 is 0. The summed E-state index contributed by atoms with van der Waals surface area (Å²) in [6.07, 6.45) is 24.1. The first kappa shape index (κ1) is 24.6. The van der Waals surface area contributed by atoms with Crippen molar-refractivity contribution in [1.29, 1.82) is 0 Å². The van der Waals surface area contributed by atoms with Gasteiger partial charge in [-0.2, -0.15) is 0 Å². The van der Waals surface area contributed by atoms with Crippen molar-refractivity contribution in [2.75, 3.05) is 0 Å². The number of benzene rings is 2. The predicted octanol–water partition coefficient (Wildman–Crippen LogP) is 7.38. The second kappa shape index (κ2) is 11.2. The Morgan fingerprint density at radius 3 is 1.47 bits per heavy atom. The summed E-state index contributed by atoms with van der Waals surface area (Å²) in [6.45, 7) is 8.56. The minimum absolute atomic E-state index is 0. The van der Waals surface area contributed by atoms with Crippen LogP contribution in [0.3, 0.4) is 0 Å². The van der Waals surface area contributed by atoms with Crippen molar-refractivity contribution in [1.82, 2.24) is 0 Å². The molecule has 4 aliphatic rings. The van der Waals surface area contributed by atoms with Crippen molar-refractivity contribution in [3.05, 3.63) is 142 Å². The third-order valence-electron chi connectivity index (χ3n) is 5.70. The molecule has 2 aromatic carbocycles. The molecule has 0 bridgehead atoms. The van der Waals surface area contributed by atoms with Crippen LogP contribution in [0.2, 0.25) is 13.1 Å². The first-order valence-corrected chi connectivity index (χ1v) is 12.9. The van der Waals surface area contributed by atoms with E-state index in [4.69, 9.17) is 0 Å². The van der Waals surface area contributed by atoms with Crippen LogP contribution in [0.15, 0.2) is 96.2 Å².